The number of piperidine rings is 1. The molecule has 4 heteroatoms. The molecule has 3 rings (SSSR count). The summed E-state index contributed by atoms with van der Waals surface area (Å²) in [6, 6.07) is 0. The average Bonchev–Trinajstić information content (AvgIpc) is 2.82. The lowest BCUT2D eigenvalue weighted by Gasteiger charge is -2.44. The highest BCUT2D eigenvalue weighted by atomic mass is 16.5. The van der Waals surface area contributed by atoms with Crippen molar-refractivity contribution in [2.75, 3.05) is 25.1 Å². The molecule has 18 heavy (non-hydrogen) atoms. The van der Waals surface area contributed by atoms with E-state index in [0.29, 0.717) is 11.5 Å². The lowest BCUT2D eigenvalue weighted by Crippen LogP contribution is -2.48. The van der Waals surface area contributed by atoms with Crippen molar-refractivity contribution >= 4 is 5.82 Å². The van der Waals surface area contributed by atoms with Gasteiger partial charge >= 0.3 is 0 Å². The topological polar surface area (TPSA) is 38.2 Å². The first kappa shape index (κ1) is 11.9. The summed E-state index contributed by atoms with van der Waals surface area (Å²) in [5.41, 5.74) is 0.352. The van der Waals surface area contributed by atoms with E-state index in [2.05, 4.69) is 14.9 Å². The Balaban J connectivity index is 1.80. The summed E-state index contributed by atoms with van der Waals surface area (Å²) >= 11 is 0. The van der Waals surface area contributed by atoms with Gasteiger partial charge in [-0.2, -0.15) is 0 Å². The Morgan fingerprint density at radius 1 is 1.33 bits per heavy atom. The van der Waals surface area contributed by atoms with Gasteiger partial charge in [-0.1, -0.05) is 6.42 Å². The summed E-state index contributed by atoms with van der Waals surface area (Å²) in [5, 5.41) is 0. The molecule has 2 heterocycles. The molecule has 1 saturated carbocycles. The molecule has 0 aromatic carbocycles. The number of ether oxygens (including phenoxy) is 1. The van der Waals surface area contributed by atoms with E-state index in [1.165, 1.54) is 32.1 Å². The third kappa shape index (κ3) is 1.99. The van der Waals surface area contributed by atoms with Crippen LogP contribution in [-0.2, 0) is 4.74 Å². The molecule has 0 bridgehead atoms. The molecule has 1 spiro atoms. The Labute approximate surface area is 108 Å². The minimum atomic E-state index is 0.352. The normalized spacial score (nSPS) is 32.1. The molecule has 0 radical (unpaired) electrons. The first-order valence-electron chi connectivity index (χ1n) is 6.88. The number of hydrogen-bond acceptors (Lipinski definition) is 4. The predicted molar refractivity (Wildman–Crippen MR) is 70.6 cm³/mol. The van der Waals surface area contributed by atoms with Crippen molar-refractivity contribution in [3.8, 4) is 0 Å². The van der Waals surface area contributed by atoms with E-state index in [1.807, 2.05) is 13.3 Å². The summed E-state index contributed by atoms with van der Waals surface area (Å²) < 4.78 is 5.73. The van der Waals surface area contributed by atoms with E-state index in [9.17, 15) is 0 Å². The molecule has 1 aromatic rings. The number of hydrogen-bond donors (Lipinski definition) is 0. The quantitative estimate of drug-likeness (QED) is 0.803. The van der Waals surface area contributed by atoms with E-state index < -0.39 is 0 Å². The monoisotopic (exact) mass is 247 g/mol. The van der Waals surface area contributed by atoms with Crippen LogP contribution in [0.4, 0.5) is 5.82 Å². The smallest absolute Gasteiger partial charge is 0.147 e. The highest BCUT2D eigenvalue weighted by molar-refractivity contribution is 5.36. The first-order chi connectivity index (χ1) is 8.84. The number of methoxy groups -OCH3 is 1. The van der Waals surface area contributed by atoms with Crippen LogP contribution in [0.5, 0.6) is 0 Å². The van der Waals surface area contributed by atoms with Gasteiger partial charge in [0.15, 0.2) is 0 Å². The highest BCUT2D eigenvalue weighted by Gasteiger charge is 2.45. The average molecular weight is 247 g/mol. The van der Waals surface area contributed by atoms with Crippen molar-refractivity contribution in [3.63, 3.8) is 0 Å². The van der Waals surface area contributed by atoms with Crippen molar-refractivity contribution in [1.82, 2.24) is 9.97 Å². The van der Waals surface area contributed by atoms with Crippen molar-refractivity contribution in [3.05, 3.63) is 18.6 Å². The number of nitrogens with zero attached hydrogens (tertiary/aromatic N) is 3. The van der Waals surface area contributed by atoms with Crippen LogP contribution in [0.15, 0.2) is 18.6 Å². The van der Waals surface area contributed by atoms with E-state index in [0.717, 1.165) is 18.9 Å². The maximum Gasteiger partial charge on any atom is 0.147 e. The van der Waals surface area contributed by atoms with Gasteiger partial charge in [0.25, 0.3) is 0 Å². The summed E-state index contributed by atoms with van der Waals surface area (Å²) in [7, 11) is 1.86. The molecule has 98 valence electrons. The molecule has 1 aliphatic carbocycles. The van der Waals surface area contributed by atoms with Crippen LogP contribution < -0.4 is 4.90 Å². The van der Waals surface area contributed by atoms with Gasteiger partial charge in [0, 0.05) is 38.0 Å². The van der Waals surface area contributed by atoms with Gasteiger partial charge in [-0.05, 0) is 25.7 Å². The third-order valence-electron chi connectivity index (χ3n) is 4.59. The molecule has 0 N–H and O–H groups in total. The van der Waals surface area contributed by atoms with Crippen LogP contribution in [0.25, 0.3) is 0 Å². The maximum atomic E-state index is 5.73. The lowest BCUT2D eigenvalue weighted by molar-refractivity contribution is 0.00215. The lowest BCUT2D eigenvalue weighted by atomic mass is 9.76. The van der Waals surface area contributed by atoms with Crippen molar-refractivity contribution < 1.29 is 4.74 Å². The van der Waals surface area contributed by atoms with Crippen LogP contribution in [-0.4, -0.2) is 36.3 Å². The summed E-state index contributed by atoms with van der Waals surface area (Å²) in [6.07, 6.45) is 12.1. The van der Waals surface area contributed by atoms with E-state index in [1.54, 1.807) is 12.4 Å². The van der Waals surface area contributed by atoms with E-state index in [-0.39, 0.29) is 0 Å². The number of rotatable bonds is 2. The Morgan fingerprint density at radius 3 is 3.00 bits per heavy atom. The van der Waals surface area contributed by atoms with Crippen LogP contribution in [0.2, 0.25) is 0 Å². The fourth-order valence-electron chi connectivity index (χ4n) is 3.75. The summed E-state index contributed by atoms with van der Waals surface area (Å²) in [6.45, 7) is 2.17. The van der Waals surface area contributed by atoms with Crippen molar-refractivity contribution in [2.24, 2.45) is 5.41 Å². The molecule has 2 aliphatic rings. The van der Waals surface area contributed by atoms with Gasteiger partial charge in [-0.3, -0.25) is 4.98 Å². The zero-order chi connectivity index (χ0) is 12.4. The van der Waals surface area contributed by atoms with Gasteiger partial charge < -0.3 is 9.64 Å². The summed E-state index contributed by atoms with van der Waals surface area (Å²) in [4.78, 5) is 11.0. The molecule has 4 nitrogen and oxygen atoms in total. The second-order valence-electron chi connectivity index (χ2n) is 5.57. The second-order valence-corrected chi connectivity index (χ2v) is 5.57. The van der Waals surface area contributed by atoms with Crippen LogP contribution in [0.3, 0.4) is 0 Å². The van der Waals surface area contributed by atoms with Gasteiger partial charge in [0.1, 0.15) is 5.82 Å². The van der Waals surface area contributed by atoms with E-state index >= 15 is 0 Å². The fraction of sp³-hybridized carbons (Fsp3) is 0.714. The summed E-state index contributed by atoms with van der Waals surface area (Å²) in [5.74, 6) is 1.01. The first-order valence-corrected chi connectivity index (χ1v) is 6.88. The zero-order valence-corrected chi connectivity index (χ0v) is 11.0. The zero-order valence-electron chi connectivity index (χ0n) is 11.0. The highest BCUT2D eigenvalue weighted by Crippen LogP contribution is 2.46. The van der Waals surface area contributed by atoms with E-state index in [4.69, 9.17) is 4.74 Å². The predicted octanol–water partition coefficient (Wildman–Crippen LogP) is 2.26. The Kier molecular flexibility index (Phi) is 3.20. The van der Waals surface area contributed by atoms with Crippen molar-refractivity contribution in [2.45, 2.75) is 38.2 Å². The molecular weight excluding hydrogens is 226 g/mol. The second kappa shape index (κ2) is 4.84. The van der Waals surface area contributed by atoms with Crippen molar-refractivity contribution in [1.29, 1.82) is 0 Å². The Bertz CT molecular complexity index is 397. The van der Waals surface area contributed by atoms with Crippen LogP contribution >= 0.6 is 0 Å². The minimum Gasteiger partial charge on any atom is -0.381 e. The minimum absolute atomic E-state index is 0.352. The Hall–Kier alpha value is -1.16. The number of anilines is 1. The molecular formula is C14H21N3O. The fourth-order valence-corrected chi connectivity index (χ4v) is 3.75. The molecule has 2 atom stereocenters. The molecule has 0 unspecified atom stereocenters. The largest absolute Gasteiger partial charge is 0.381 e. The van der Waals surface area contributed by atoms with Crippen LogP contribution in [0, 0.1) is 5.41 Å². The van der Waals surface area contributed by atoms with Gasteiger partial charge in [0.2, 0.25) is 0 Å². The van der Waals surface area contributed by atoms with Gasteiger partial charge in [-0.15, -0.1) is 0 Å². The SMILES string of the molecule is CO[C@@H]1CCC[C@@]12CCCN(c1cnccn1)C2. The van der Waals surface area contributed by atoms with Gasteiger partial charge in [-0.25, -0.2) is 4.98 Å². The molecule has 1 aromatic heterocycles. The molecule has 1 saturated heterocycles. The van der Waals surface area contributed by atoms with Gasteiger partial charge in [0.05, 0.1) is 12.3 Å². The van der Waals surface area contributed by atoms with Crippen LogP contribution in [0.1, 0.15) is 32.1 Å². The standard InChI is InChI=1S/C14H21N3O/c1-18-12-4-2-5-14(12)6-3-9-17(11-14)13-10-15-7-8-16-13/h7-8,10,12H,2-6,9,11H2,1H3/t12-,14+/m1/s1. The third-order valence-corrected chi connectivity index (χ3v) is 4.59. The number of aromatic nitrogens is 2. The Morgan fingerprint density at radius 2 is 2.22 bits per heavy atom. The molecule has 1 aliphatic heterocycles. The molecule has 2 fully saturated rings. The molecule has 0 amide bonds. The maximum absolute atomic E-state index is 5.73.